The fraction of sp³-hybridized carbons (Fsp3) is 0.381. The second-order valence-electron chi connectivity index (χ2n) is 7.25. The summed E-state index contributed by atoms with van der Waals surface area (Å²) in [7, 11) is 0. The van der Waals surface area contributed by atoms with Gasteiger partial charge in [0.25, 0.3) is 0 Å². The number of alkyl halides is 3. The Morgan fingerprint density at radius 2 is 1.87 bits per heavy atom. The largest absolute Gasteiger partial charge is 0.542 e. The fourth-order valence-corrected chi connectivity index (χ4v) is 3.41. The zero-order chi connectivity index (χ0) is 22.3. The van der Waals surface area contributed by atoms with Crippen molar-refractivity contribution in [3.05, 3.63) is 54.4 Å². The Morgan fingerprint density at radius 3 is 2.52 bits per heavy atom. The maximum atomic E-state index is 10.5. The van der Waals surface area contributed by atoms with Crippen LogP contribution in [0.5, 0.6) is 0 Å². The number of hydrogen-bond acceptors (Lipinski definition) is 5. The third-order valence-corrected chi connectivity index (χ3v) is 5.00. The normalized spacial score (nSPS) is 18.8. The Kier molecular flexibility index (Phi) is 7.45. The van der Waals surface area contributed by atoms with Gasteiger partial charge in [0.1, 0.15) is 11.4 Å². The van der Waals surface area contributed by atoms with E-state index in [1.165, 1.54) is 5.56 Å². The molecule has 0 amide bonds. The maximum Gasteiger partial charge on any atom is 0.430 e. The lowest BCUT2D eigenvalue weighted by Gasteiger charge is -2.29. The highest BCUT2D eigenvalue weighted by Gasteiger charge is 2.28. The number of anilines is 1. The predicted molar refractivity (Wildman–Crippen MR) is 105 cm³/mol. The van der Waals surface area contributed by atoms with Crippen LogP contribution < -0.4 is 15.4 Å². The Hall–Kier alpha value is -3.14. The average molecular weight is 436 g/mol. The molecule has 7 nitrogen and oxygen atoms in total. The number of pyridine rings is 1. The van der Waals surface area contributed by atoms with E-state index in [0.717, 1.165) is 42.4 Å². The highest BCUT2D eigenvalue weighted by atomic mass is 19.4. The molecule has 1 saturated carbocycles. The van der Waals surface area contributed by atoms with E-state index in [9.17, 15) is 13.2 Å². The number of ether oxygens (including phenoxy) is 1. The van der Waals surface area contributed by atoms with E-state index in [1.807, 2.05) is 18.5 Å². The van der Waals surface area contributed by atoms with Gasteiger partial charge < -0.3 is 20.0 Å². The number of nitrogens with one attached hydrogen (secondary N) is 3. The summed E-state index contributed by atoms with van der Waals surface area (Å²) >= 11 is 0. The number of aromatic nitrogens is 3. The quantitative estimate of drug-likeness (QED) is 0.640. The number of carbonyl (C=O) groups is 1. The lowest BCUT2D eigenvalue weighted by Crippen LogP contribution is -2.37. The number of fused-ring (bicyclic) bond motifs is 1. The minimum absolute atomic E-state index is 0.376. The van der Waals surface area contributed by atoms with Crippen molar-refractivity contribution in [1.29, 1.82) is 0 Å². The van der Waals surface area contributed by atoms with Gasteiger partial charge >= 0.3 is 11.8 Å². The van der Waals surface area contributed by atoms with E-state index in [4.69, 9.17) is 14.6 Å². The minimum atomic E-state index is -5.19. The molecule has 4 rings (SSSR count). The Morgan fingerprint density at radius 1 is 1.19 bits per heavy atom. The molecule has 0 saturated heterocycles. The second-order valence-corrected chi connectivity index (χ2v) is 7.25. The van der Waals surface area contributed by atoms with Crippen LogP contribution in [0.2, 0.25) is 0 Å². The average Bonchev–Trinajstić information content (AvgIpc) is 3.24. The van der Waals surface area contributed by atoms with Gasteiger partial charge in [0.2, 0.25) is 0 Å². The van der Waals surface area contributed by atoms with Crippen LogP contribution in [0.4, 0.5) is 18.9 Å². The van der Waals surface area contributed by atoms with Gasteiger partial charge in [-0.2, -0.15) is 13.2 Å². The number of hydrogen-bond donors (Lipinski definition) is 2. The zero-order valence-electron chi connectivity index (χ0n) is 16.6. The van der Waals surface area contributed by atoms with Crippen molar-refractivity contribution in [2.75, 3.05) is 5.32 Å². The monoisotopic (exact) mass is 436 g/mol. The van der Waals surface area contributed by atoms with Gasteiger partial charge in [0.15, 0.2) is 0 Å². The molecule has 0 spiro atoms. The van der Waals surface area contributed by atoms with Gasteiger partial charge in [0, 0.05) is 12.1 Å². The van der Waals surface area contributed by atoms with Gasteiger partial charge in [-0.25, -0.2) is 4.98 Å². The lowest BCUT2D eigenvalue weighted by molar-refractivity contribution is -0.347. The summed E-state index contributed by atoms with van der Waals surface area (Å²) in [6, 6.07) is 13.0. The van der Waals surface area contributed by atoms with Crippen LogP contribution in [-0.2, 0) is 16.1 Å². The molecule has 0 bridgehead atoms. The van der Waals surface area contributed by atoms with Crippen molar-refractivity contribution in [3.8, 4) is 0 Å². The van der Waals surface area contributed by atoms with Crippen molar-refractivity contribution in [3.63, 3.8) is 0 Å². The van der Waals surface area contributed by atoms with E-state index >= 15 is 0 Å². The van der Waals surface area contributed by atoms with Crippen LogP contribution in [0.1, 0.15) is 31.2 Å². The molecule has 2 aromatic heterocycles. The standard InChI is InChI=1S/C19H22N4O.C2HF3O2/c1-2-4-14(5-3-1)13-24-16-8-6-15(7-9-16)22-18-10-11-20-19-17(18)12-21-23-19;3-2(4,5)1(6)7/h1-5,10-12,15-16H,6-9,13H2,(H2,20,21,22,23);(H,6,7). The van der Waals surface area contributed by atoms with Crippen LogP contribution in [-0.4, -0.2) is 34.5 Å². The van der Waals surface area contributed by atoms with E-state index in [2.05, 4.69) is 50.8 Å². The molecule has 0 radical (unpaired) electrons. The zero-order valence-corrected chi connectivity index (χ0v) is 16.6. The maximum absolute atomic E-state index is 10.5. The molecule has 1 fully saturated rings. The molecule has 2 heterocycles. The molecule has 31 heavy (non-hydrogen) atoms. The van der Waals surface area contributed by atoms with E-state index in [1.54, 1.807) is 0 Å². The topological polar surface area (TPSA) is 104 Å². The molecule has 3 aromatic rings. The lowest BCUT2D eigenvalue weighted by atomic mass is 9.92. The number of nitrogens with zero attached hydrogens (tertiary/aromatic N) is 1. The summed E-state index contributed by atoms with van der Waals surface area (Å²) in [6.45, 7) is 0.716. The Labute approximate surface area is 176 Å². The fourth-order valence-electron chi connectivity index (χ4n) is 3.41. The molecule has 1 aliphatic rings. The predicted octanol–water partition coefficient (Wildman–Crippen LogP) is 2.62. The van der Waals surface area contributed by atoms with Crippen LogP contribution >= 0.6 is 0 Å². The first-order valence-corrected chi connectivity index (χ1v) is 9.87. The van der Waals surface area contributed by atoms with Crippen molar-refractivity contribution in [2.45, 2.75) is 50.6 Å². The third kappa shape index (κ3) is 6.68. The highest BCUT2D eigenvalue weighted by Crippen LogP contribution is 2.27. The molecule has 3 N–H and O–H groups in total. The molecule has 0 atom stereocenters. The number of carbonyl (C=O) groups excluding carboxylic acids is 1. The first-order chi connectivity index (χ1) is 14.8. The van der Waals surface area contributed by atoms with E-state index in [0.29, 0.717) is 18.8 Å². The molecular formula is C21H23F3N4O3. The summed E-state index contributed by atoms with van der Waals surface area (Å²) in [5, 5.41) is 20.6. The first-order valence-electron chi connectivity index (χ1n) is 9.87. The van der Waals surface area contributed by atoms with E-state index in [-0.39, 0.29) is 0 Å². The molecule has 10 heteroatoms. The van der Waals surface area contributed by atoms with Crippen LogP contribution in [0.15, 0.2) is 48.8 Å². The molecule has 1 aromatic carbocycles. The highest BCUT2D eigenvalue weighted by molar-refractivity contribution is 5.86. The number of aliphatic carboxylic acids is 1. The third-order valence-electron chi connectivity index (χ3n) is 5.00. The van der Waals surface area contributed by atoms with Gasteiger partial charge in [-0.3, -0.25) is 0 Å². The number of benzene rings is 1. The van der Waals surface area contributed by atoms with E-state index < -0.39 is 12.1 Å². The number of aromatic amines is 2. The van der Waals surface area contributed by atoms with Gasteiger partial charge in [-0.05, 0) is 31.2 Å². The van der Waals surface area contributed by atoms with Crippen LogP contribution in [0.3, 0.4) is 0 Å². The molecule has 0 aliphatic heterocycles. The SMILES string of the molecule is O=C([O-])C(F)(F)F.c1ccc(COC2CCC(Nc3cc[nH+]c4[nH]ncc34)CC2)cc1. The summed E-state index contributed by atoms with van der Waals surface area (Å²) < 4.78 is 37.6. The summed E-state index contributed by atoms with van der Waals surface area (Å²) in [4.78, 5) is 12.0. The van der Waals surface area contributed by atoms with Crippen LogP contribution in [0.25, 0.3) is 11.0 Å². The number of carboxylic acid groups (broad SMARTS) is 1. The molecule has 1 aliphatic carbocycles. The molecule has 0 unspecified atom stereocenters. The smallest absolute Gasteiger partial charge is 0.430 e. The number of H-pyrrole nitrogens is 2. The van der Waals surface area contributed by atoms with Crippen LogP contribution in [0, 0.1) is 0 Å². The number of rotatable bonds is 5. The molecular weight excluding hydrogens is 413 g/mol. The second kappa shape index (κ2) is 10.3. The van der Waals surface area contributed by atoms with Crippen molar-refractivity contribution >= 4 is 22.7 Å². The first kappa shape index (κ1) is 22.5. The minimum Gasteiger partial charge on any atom is -0.542 e. The Balaban J connectivity index is 0.000000339. The van der Waals surface area contributed by atoms with Gasteiger partial charge in [0.05, 0.1) is 30.8 Å². The van der Waals surface area contributed by atoms with Gasteiger partial charge in [-0.15, -0.1) is 5.10 Å². The van der Waals surface area contributed by atoms with Crippen molar-refractivity contribution in [1.82, 2.24) is 10.2 Å². The number of halogens is 3. The summed E-state index contributed by atoms with van der Waals surface area (Å²) in [5.74, 6) is -3.01. The van der Waals surface area contributed by atoms with Crippen molar-refractivity contribution in [2.24, 2.45) is 0 Å². The summed E-state index contributed by atoms with van der Waals surface area (Å²) in [6.07, 6.45) is 3.48. The van der Waals surface area contributed by atoms with Crippen molar-refractivity contribution < 1.29 is 32.8 Å². The van der Waals surface area contributed by atoms with Gasteiger partial charge in [-0.1, -0.05) is 35.4 Å². The summed E-state index contributed by atoms with van der Waals surface area (Å²) in [5.41, 5.74) is 3.35. The molecule has 166 valence electrons. The Bertz CT molecular complexity index is 971. The number of carboxylic acids is 1.